The molecule has 0 radical (unpaired) electrons. The van der Waals surface area contributed by atoms with E-state index in [0.717, 1.165) is 6.42 Å². The van der Waals surface area contributed by atoms with Gasteiger partial charge in [0.05, 0.1) is 18.3 Å². The second-order valence-corrected chi connectivity index (χ2v) is 15.5. The van der Waals surface area contributed by atoms with Crippen LogP contribution >= 0.6 is 0 Å². The van der Waals surface area contributed by atoms with E-state index in [1.165, 1.54) is 10.4 Å². The quantitative estimate of drug-likeness (QED) is 0.143. The Morgan fingerprint density at radius 1 is 0.816 bits per heavy atom. The van der Waals surface area contributed by atoms with E-state index in [9.17, 15) is 0 Å². The Labute approximate surface area is 232 Å². The second kappa shape index (κ2) is 15.7. The largest absolute Gasteiger partial charge is 0.407 e. The van der Waals surface area contributed by atoms with Crippen LogP contribution in [0, 0.1) is 11.8 Å². The lowest BCUT2D eigenvalue weighted by molar-refractivity contribution is -0.129. The first kappa shape index (κ1) is 32.4. The van der Waals surface area contributed by atoms with E-state index < -0.39 is 8.32 Å². The lowest BCUT2D eigenvalue weighted by Crippen LogP contribution is -2.67. The average molecular weight is 543 g/mol. The number of rotatable bonds is 17. The summed E-state index contributed by atoms with van der Waals surface area (Å²) in [5.74, 6) is 0.276. The Bertz CT molecular complexity index is 875. The Morgan fingerprint density at radius 2 is 1.34 bits per heavy atom. The molecule has 0 unspecified atom stereocenters. The molecule has 0 N–H and O–H groups in total. The summed E-state index contributed by atoms with van der Waals surface area (Å²) < 4.78 is 30.4. The Morgan fingerprint density at radius 3 is 1.76 bits per heavy atom. The van der Waals surface area contributed by atoms with Gasteiger partial charge >= 0.3 is 0 Å². The van der Waals surface area contributed by atoms with Crippen LogP contribution in [0.25, 0.3) is 0 Å². The summed E-state index contributed by atoms with van der Waals surface area (Å²) in [7, 11) is 2.54. The fraction of sp³-hybridized carbons (Fsp3) is 0.562. The summed E-state index contributed by atoms with van der Waals surface area (Å²) in [5, 5.41) is 2.48. The van der Waals surface area contributed by atoms with Gasteiger partial charge in [0.2, 0.25) is 0 Å². The third-order valence-corrected chi connectivity index (χ3v) is 12.7. The van der Waals surface area contributed by atoms with Crippen molar-refractivity contribution in [2.24, 2.45) is 11.8 Å². The molecule has 5 atom stereocenters. The Hall–Kier alpha value is -1.80. The molecule has 6 heteroatoms. The molecule has 38 heavy (non-hydrogen) atoms. The molecule has 2 aromatic rings. The van der Waals surface area contributed by atoms with E-state index in [-0.39, 0.29) is 42.0 Å². The third kappa shape index (κ3) is 8.10. The highest BCUT2D eigenvalue weighted by molar-refractivity contribution is 6.99. The highest BCUT2D eigenvalue weighted by Crippen LogP contribution is 2.37. The van der Waals surface area contributed by atoms with E-state index in [0.29, 0.717) is 13.0 Å². The smallest absolute Gasteiger partial charge is 0.261 e. The number of methoxy groups -OCH3 is 3. The maximum absolute atomic E-state index is 7.20. The molecule has 2 aromatic carbocycles. The third-order valence-electron chi connectivity index (χ3n) is 7.66. The number of benzene rings is 2. The van der Waals surface area contributed by atoms with E-state index in [2.05, 4.69) is 102 Å². The molecule has 212 valence electrons. The second-order valence-electron chi connectivity index (χ2n) is 11.2. The summed E-state index contributed by atoms with van der Waals surface area (Å²) in [4.78, 5) is 0. The standard InChI is InChI=1S/C32H50O5Si/c1-10-17-29(34-8)26(3)31(36-24-33-7)22-30(35-9)25(2)23-37-38(32(4,5)6,27-18-13-11-14-19-27)28-20-15-12-16-21-28/h10-16,18-21,25-26,29-31H,1,17,22-24H2,2-9H3/t25-,26-,29+,30+,31+/m0/s1. The topological polar surface area (TPSA) is 46.2 Å². The van der Waals surface area contributed by atoms with Crippen LogP contribution in [0.5, 0.6) is 0 Å². The van der Waals surface area contributed by atoms with Crippen LogP contribution in [-0.4, -0.2) is 61.4 Å². The molecular weight excluding hydrogens is 492 g/mol. The van der Waals surface area contributed by atoms with Crippen molar-refractivity contribution in [1.29, 1.82) is 0 Å². The molecular formula is C32H50O5Si. The van der Waals surface area contributed by atoms with E-state index in [4.69, 9.17) is 23.4 Å². The maximum Gasteiger partial charge on any atom is 0.261 e. The fourth-order valence-corrected chi connectivity index (χ4v) is 10.1. The van der Waals surface area contributed by atoms with E-state index in [1.807, 2.05) is 6.08 Å². The number of hydrogen-bond acceptors (Lipinski definition) is 5. The van der Waals surface area contributed by atoms with Crippen molar-refractivity contribution in [2.75, 3.05) is 34.7 Å². The van der Waals surface area contributed by atoms with Crippen LogP contribution in [0.2, 0.25) is 5.04 Å². The van der Waals surface area contributed by atoms with Crippen molar-refractivity contribution >= 4 is 18.7 Å². The van der Waals surface area contributed by atoms with Gasteiger partial charge in [0.25, 0.3) is 8.32 Å². The lowest BCUT2D eigenvalue weighted by Gasteiger charge is -2.44. The normalized spacial score (nSPS) is 16.4. The molecule has 0 bridgehead atoms. The predicted molar refractivity (Wildman–Crippen MR) is 160 cm³/mol. The van der Waals surface area contributed by atoms with Gasteiger partial charge in [0.1, 0.15) is 6.79 Å². The van der Waals surface area contributed by atoms with Crippen molar-refractivity contribution in [3.05, 3.63) is 73.3 Å². The monoisotopic (exact) mass is 542 g/mol. The first-order chi connectivity index (χ1) is 18.2. The lowest BCUT2D eigenvalue weighted by atomic mass is 9.89. The van der Waals surface area contributed by atoms with Gasteiger partial charge in [-0.1, -0.05) is 101 Å². The van der Waals surface area contributed by atoms with Gasteiger partial charge in [-0.3, -0.25) is 0 Å². The first-order valence-corrected chi connectivity index (χ1v) is 15.6. The minimum atomic E-state index is -2.63. The molecule has 5 nitrogen and oxygen atoms in total. The first-order valence-electron chi connectivity index (χ1n) is 13.7. The summed E-state index contributed by atoms with van der Waals surface area (Å²) >= 11 is 0. The SMILES string of the molecule is C=CC[C@@H](OC)[C@H](C)[C@@H](C[C@@H](OC)[C@@H](C)CO[Si](c1ccccc1)(c1ccccc1)C(C)(C)C)OCOC. The van der Waals surface area contributed by atoms with Gasteiger partial charge in [0, 0.05) is 46.2 Å². The molecule has 0 saturated carbocycles. The Kier molecular flexibility index (Phi) is 13.4. The molecule has 0 heterocycles. The molecule has 0 aliphatic rings. The molecule has 0 aromatic heterocycles. The molecule has 0 amide bonds. The van der Waals surface area contributed by atoms with Crippen LogP contribution in [0.4, 0.5) is 0 Å². The minimum Gasteiger partial charge on any atom is -0.407 e. The zero-order valence-electron chi connectivity index (χ0n) is 24.8. The van der Waals surface area contributed by atoms with Gasteiger partial charge < -0.3 is 23.4 Å². The number of ether oxygens (including phenoxy) is 4. The fourth-order valence-electron chi connectivity index (χ4n) is 5.43. The van der Waals surface area contributed by atoms with Crippen LogP contribution in [0.1, 0.15) is 47.5 Å². The molecule has 0 fully saturated rings. The highest BCUT2D eigenvalue weighted by Gasteiger charge is 2.50. The van der Waals surface area contributed by atoms with E-state index in [1.54, 1.807) is 21.3 Å². The molecule has 0 aliphatic carbocycles. The van der Waals surface area contributed by atoms with Gasteiger partial charge in [0.15, 0.2) is 0 Å². The van der Waals surface area contributed by atoms with Gasteiger partial charge in [-0.2, -0.15) is 0 Å². The van der Waals surface area contributed by atoms with Crippen molar-refractivity contribution in [2.45, 2.75) is 70.8 Å². The average Bonchev–Trinajstić information content (AvgIpc) is 2.92. The summed E-state index contributed by atoms with van der Waals surface area (Å²) in [5.41, 5.74) is 0. The summed E-state index contributed by atoms with van der Waals surface area (Å²) in [6.45, 7) is 16.0. The zero-order chi connectivity index (χ0) is 28.2. The highest BCUT2D eigenvalue weighted by atomic mass is 28.4. The Balaban J connectivity index is 2.34. The van der Waals surface area contributed by atoms with Gasteiger partial charge in [-0.05, 0) is 21.8 Å². The maximum atomic E-state index is 7.20. The summed E-state index contributed by atoms with van der Waals surface area (Å²) in [6, 6.07) is 21.5. The van der Waals surface area contributed by atoms with Crippen LogP contribution in [0.15, 0.2) is 73.3 Å². The minimum absolute atomic E-state index is 0.00975. The molecule has 2 rings (SSSR count). The predicted octanol–water partition coefficient (Wildman–Crippen LogP) is 5.82. The molecule has 0 aliphatic heterocycles. The summed E-state index contributed by atoms with van der Waals surface area (Å²) in [6.07, 6.45) is 3.22. The van der Waals surface area contributed by atoms with Crippen molar-refractivity contribution in [1.82, 2.24) is 0 Å². The number of hydrogen-bond donors (Lipinski definition) is 0. The van der Waals surface area contributed by atoms with Crippen molar-refractivity contribution in [3.8, 4) is 0 Å². The van der Waals surface area contributed by atoms with Gasteiger partial charge in [-0.25, -0.2) is 0 Å². The van der Waals surface area contributed by atoms with Crippen molar-refractivity contribution in [3.63, 3.8) is 0 Å². The van der Waals surface area contributed by atoms with Crippen LogP contribution in [-0.2, 0) is 23.4 Å². The van der Waals surface area contributed by atoms with Crippen LogP contribution < -0.4 is 10.4 Å². The van der Waals surface area contributed by atoms with Crippen LogP contribution in [0.3, 0.4) is 0 Å². The van der Waals surface area contributed by atoms with E-state index >= 15 is 0 Å². The zero-order valence-corrected chi connectivity index (χ0v) is 25.8. The molecule has 0 saturated heterocycles. The molecule has 0 spiro atoms. The van der Waals surface area contributed by atoms with Gasteiger partial charge in [-0.15, -0.1) is 6.58 Å². The van der Waals surface area contributed by atoms with Crippen molar-refractivity contribution < 1.29 is 23.4 Å².